The lowest BCUT2D eigenvalue weighted by Crippen LogP contribution is -2.29. The van der Waals surface area contributed by atoms with Gasteiger partial charge in [-0.05, 0) is 55.5 Å². The Balaban J connectivity index is 1.72. The summed E-state index contributed by atoms with van der Waals surface area (Å²) in [6.45, 7) is 5.62. The maximum atomic E-state index is 3.63. The zero-order valence-electron chi connectivity index (χ0n) is 12.9. The van der Waals surface area contributed by atoms with Gasteiger partial charge in [-0.25, -0.2) is 0 Å². The highest BCUT2D eigenvalue weighted by atomic mass is 79.9. The molecule has 0 bridgehead atoms. The Morgan fingerprint density at radius 3 is 2.29 bits per heavy atom. The second-order valence-electron chi connectivity index (χ2n) is 5.79. The Hall–Kier alpha value is -1.12. The highest BCUT2D eigenvalue weighted by Gasteiger charge is 2.07. The van der Waals surface area contributed by atoms with Gasteiger partial charge in [0.25, 0.3) is 0 Å². The van der Waals surface area contributed by atoms with Crippen molar-refractivity contribution in [2.24, 2.45) is 0 Å². The third kappa shape index (κ3) is 5.64. The first-order chi connectivity index (χ1) is 10.1. The lowest BCUT2D eigenvalue weighted by Gasteiger charge is -2.17. The van der Waals surface area contributed by atoms with E-state index in [1.807, 2.05) is 0 Å². The minimum atomic E-state index is 0.508. The Labute approximate surface area is 136 Å². The zero-order chi connectivity index (χ0) is 15.1. The predicted molar refractivity (Wildman–Crippen MR) is 94.8 cm³/mol. The van der Waals surface area contributed by atoms with E-state index in [1.54, 1.807) is 0 Å². The van der Waals surface area contributed by atoms with Crippen molar-refractivity contribution in [3.63, 3.8) is 0 Å². The maximum Gasteiger partial charge on any atom is 0.0175 e. The van der Waals surface area contributed by atoms with Crippen LogP contribution in [0.2, 0.25) is 0 Å². The van der Waals surface area contributed by atoms with E-state index in [-0.39, 0.29) is 0 Å². The average molecular weight is 346 g/mol. The molecule has 2 unspecified atom stereocenters. The number of hydrogen-bond acceptors (Lipinski definition) is 1. The van der Waals surface area contributed by atoms with Crippen molar-refractivity contribution >= 4 is 15.9 Å². The summed E-state index contributed by atoms with van der Waals surface area (Å²) in [4.78, 5) is 0. The van der Waals surface area contributed by atoms with Gasteiger partial charge >= 0.3 is 0 Å². The number of benzene rings is 2. The summed E-state index contributed by atoms with van der Waals surface area (Å²) in [5, 5.41) is 3.63. The molecule has 0 saturated heterocycles. The molecular weight excluding hydrogens is 322 g/mol. The van der Waals surface area contributed by atoms with Crippen LogP contribution in [0.15, 0.2) is 59.1 Å². The molecule has 0 radical (unpaired) electrons. The Morgan fingerprint density at radius 1 is 0.952 bits per heavy atom. The molecule has 0 saturated carbocycles. The lowest BCUT2D eigenvalue weighted by molar-refractivity contribution is 0.513. The smallest absolute Gasteiger partial charge is 0.0175 e. The minimum Gasteiger partial charge on any atom is -0.314 e. The van der Waals surface area contributed by atoms with Crippen molar-refractivity contribution in [1.82, 2.24) is 5.32 Å². The Kier molecular flexibility index (Phi) is 6.47. The van der Waals surface area contributed by atoms with Crippen molar-refractivity contribution in [3.05, 3.63) is 70.2 Å². The van der Waals surface area contributed by atoms with Gasteiger partial charge in [-0.1, -0.05) is 65.3 Å². The molecule has 0 amide bonds. The summed E-state index contributed by atoms with van der Waals surface area (Å²) in [6, 6.07) is 19.9. The molecule has 0 fully saturated rings. The molecule has 1 N–H and O–H groups in total. The fourth-order valence-corrected chi connectivity index (χ4v) is 2.81. The van der Waals surface area contributed by atoms with Gasteiger partial charge in [-0.2, -0.15) is 0 Å². The molecule has 0 aliphatic rings. The van der Waals surface area contributed by atoms with Crippen LogP contribution in [0.4, 0.5) is 0 Å². The van der Waals surface area contributed by atoms with Gasteiger partial charge in [0.2, 0.25) is 0 Å². The van der Waals surface area contributed by atoms with E-state index in [0.29, 0.717) is 12.0 Å². The maximum absolute atomic E-state index is 3.63. The Bertz CT molecular complexity index is 521. The van der Waals surface area contributed by atoms with E-state index in [2.05, 4.69) is 89.7 Å². The number of nitrogens with one attached hydrogen (secondary N) is 1. The first kappa shape index (κ1) is 16.3. The van der Waals surface area contributed by atoms with Gasteiger partial charge < -0.3 is 5.32 Å². The van der Waals surface area contributed by atoms with E-state index in [4.69, 9.17) is 0 Å². The zero-order valence-corrected chi connectivity index (χ0v) is 14.4. The molecule has 0 heterocycles. The van der Waals surface area contributed by atoms with Gasteiger partial charge in [0.15, 0.2) is 0 Å². The number of hydrogen-bond donors (Lipinski definition) is 1. The first-order valence-corrected chi connectivity index (χ1v) is 8.47. The highest BCUT2D eigenvalue weighted by molar-refractivity contribution is 9.10. The van der Waals surface area contributed by atoms with Crippen LogP contribution < -0.4 is 5.32 Å². The molecule has 0 aromatic heterocycles. The molecular formula is C19H24BrN. The Morgan fingerprint density at radius 2 is 1.62 bits per heavy atom. The van der Waals surface area contributed by atoms with E-state index >= 15 is 0 Å². The minimum absolute atomic E-state index is 0.508. The summed E-state index contributed by atoms with van der Waals surface area (Å²) >= 11 is 3.48. The number of rotatable bonds is 7. The molecule has 2 heteroatoms. The third-order valence-electron chi connectivity index (χ3n) is 3.89. The second-order valence-corrected chi connectivity index (χ2v) is 6.70. The molecule has 2 atom stereocenters. The van der Waals surface area contributed by atoms with Crippen molar-refractivity contribution in [1.29, 1.82) is 0 Å². The van der Waals surface area contributed by atoms with Crippen LogP contribution in [-0.4, -0.2) is 12.6 Å². The van der Waals surface area contributed by atoms with Crippen molar-refractivity contribution in [3.8, 4) is 0 Å². The van der Waals surface area contributed by atoms with Crippen LogP contribution in [0.25, 0.3) is 0 Å². The quantitative estimate of drug-likeness (QED) is 0.730. The van der Waals surface area contributed by atoms with Gasteiger partial charge in [-0.3, -0.25) is 0 Å². The van der Waals surface area contributed by atoms with Gasteiger partial charge in [-0.15, -0.1) is 0 Å². The van der Waals surface area contributed by atoms with Crippen LogP contribution in [0.1, 0.15) is 37.3 Å². The number of halogens is 1. The fraction of sp³-hybridized carbons (Fsp3) is 0.368. The van der Waals surface area contributed by atoms with Crippen molar-refractivity contribution in [2.75, 3.05) is 6.54 Å². The van der Waals surface area contributed by atoms with E-state index in [9.17, 15) is 0 Å². The normalized spacial score (nSPS) is 13.9. The summed E-state index contributed by atoms with van der Waals surface area (Å²) in [5.41, 5.74) is 2.81. The molecule has 1 nitrogen and oxygen atoms in total. The SMILES string of the molecule is CC(Cc1ccc(Br)cc1)NCCC(C)c1ccccc1. The molecule has 0 spiro atoms. The topological polar surface area (TPSA) is 12.0 Å². The molecule has 2 aromatic rings. The van der Waals surface area contributed by atoms with E-state index in [0.717, 1.165) is 17.4 Å². The molecule has 21 heavy (non-hydrogen) atoms. The third-order valence-corrected chi connectivity index (χ3v) is 4.42. The lowest BCUT2D eigenvalue weighted by atomic mass is 9.98. The van der Waals surface area contributed by atoms with Crippen LogP contribution in [0.3, 0.4) is 0 Å². The molecule has 0 aliphatic carbocycles. The van der Waals surface area contributed by atoms with Crippen LogP contribution >= 0.6 is 15.9 Å². The average Bonchev–Trinajstić information content (AvgIpc) is 2.50. The van der Waals surface area contributed by atoms with Gasteiger partial charge in [0.1, 0.15) is 0 Å². The fourth-order valence-electron chi connectivity index (χ4n) is 2.54. The molecule has 112 valence electrons. The van der Waals surface area contributed by atoms with Crippen LogP contribution in [-0.2, 0) is 6.42 Å². The molecule has 0 aliphatic heterocycles. The molecule has 2 rings (SSSR count). The predicted octanol–water partition coefficient (Wildman–Crippen LogP) is 5.16. The summed E-state index contributed by atoms with van der Waals surface area (Å²) in [6.07, 6.45) is 2.25. The highest BCUT2D eigenvalue weighted by Crippen LogP contribution is 2.17. The largest absolute Gasteiger partial charge is 0.314 e. The van der Waals surface area contributed by atoms with E-state index < -0.39 is 0 Å². The van der Waals surface area contributed by atoms with Crippen molar-refractivity contribution in [2.45, 2.75) is 38.6 Å². The summed E-state index contributed by atoms with van der Waals surface area (Å²) in [7, 11) is 0. The standard InChI is InChI=1S/C19H24BrN/c1-15(18-6-4-3-5-7-18)12-13-21-16(2)14-17-8-10-19(20)11-9-17/h3-11,15-16,21H,12-14H2,1-2H3. The van der Waals surface area contributed by atoms with Crippen LogP contribution in [0, 0.1) is 0 Å². The second kappa shape index (κ2) is 8.35. The van der Waals surface area contributed by atoms with Crippen molar-refractivity contribution < 1.29 is 0 Å². The van der Waals surface area contributed by atoms with E-state index in [1.165, 1.54) is 17.5 Å². The van der Waals surface area contributed by atoms with Gasteiger partial charge in [0, 0.05) is 10.5 Å². The monoisotopic (exact) mass is 345 g/mol. The summed E-state index contributed by atoms with van der Waals surface area (Å²) in [5.74, 6) is 0.610. The first-order valence-electron chi connectivity index (χ1n) is 7.68. The molecule has 2 aromatic carbocycles. The van der Waals surface area contributed by atoms with Crippen LogP contribution in [0.5, 0.6) is 0 Å². The van der Waals surface area contributed by atoms with Gasteiger partial charge in [0.05, 0.1) is 0 Å². The summed E-state index contributed by atoms with van der Waals surface area (Å²) < 4.78 is 1.14.